The Labute approximate surface area is 144 Å². The summed E-state index contributed by atoms with van der Waals surface area (Å²) in [4.78, 5) is 10.6. The Morgan fingerprint density at radius 2 is 2.00 bits per heavy atom. The maximum absolute atomic E-state index is 10.6. The van der Waals surface area contributed by atoms with Gasteiger partial charge in [-0.25, -0.2) is 0 Å². The predicted octanol–water partition coefficient (Wildman–Crippen LogP) is 2.74. The minimum Gasteiger partial charge on any atom is -0.481 e. The summed E-state index contributed by atoms with van der Waals surface area (Å²) in [6.07, 6.45) is 9.02. The van der Waals surface area contributed by atoms with Crippen LogP contribution in [0.1, 0.15) is 57.8 Å². The van der Waals surface area contributed by atoms with Crippen LogP contribution in [0.4, 0.5) is 0 Å². The SMILES string of the molecule is O=C(O)CCC=C1C[C@H]2[C@H](C#CC(O)C3CCCC3)[C@@H](O)CC[C@@H]12. The van der Waals surface area contributed by atoms with Gasteiger partial charge in [-0.3, -0.25) is 4.79 Å². The van der Waals surface area contributed by atoms with Crippen LogP contribution in [-0.2, 0) is 4.79 Å². The molecule has 3 rings (SSSR count). The average Bonchev–Trinajstić information content (AvgIpc) is 3.05. The molecule has 4 heteroatoms. The molecule has 3 aliphatic carbocycles. The quantitative estimate of drug-likeness (QED) is 0.546. The van der Waals surface area contributed by atoms with Crippen LogP contribution < -0.4 is 0 Å². The first-order valence-corrected chi connectivity index (χ1v) is 9.34. The first-order chi connectivity index (χ1) is 11.6. The molecule has 4 nitrogen and oxygen atoms in total. The third kappa shape index (κ3) is 3.84. The largest absolute Gasteiger partial charge is 0.481 e. The van der Waals surface area contributed by atoms with Gasteiger partial charge in [0.25, 0.3) is 0 Å². The van der Waals surface area contributed by atoms with Gasteiger partial charge in [0.2, 0.25) is 0 Å². The van der Waals surface area contributed by atoms with Crippen molar-refractivity contribution in [2.45, 2.75) is 70.0 Å². The molecule has 1 unspecified atom stereocenters. The van der Waals surface area contributed by atoms with E-state index in [4.69, 9.17) is 5.11 Å². The molecule has 0 heterocycles. The molecule has 3 saturated carbocycles. The van der Waals surface area contributed by atoms with Crippen molar-refractivity contribution in [2.75, 3.05) is 0 Å². The van der Waals surface area contributed by atoms with Crippen LogP contribution in [0.5, 0.6) is 0 Å². The number of aliphatic hydroxyl groups is 2. The Bertz CT molecular complexity index is 550. The second-order valence-electron chi connectivity index (χ2n) is 7.63. The van der Waals surface area contributed by atoms with E-state index in [1.807, 2.05) is 0 Å². The van der Waals surface area contributed by atoms with Crippen molar-refractivity contribution in [1.82, 2.24) is 0 Å². The second kappa shape index (κ2) is 7.72. The van der Waals surface area contributed by atoms with Gasteiger partial charge >= 0.3 is 5.97 Å². The maximum atomic E-state index is 10.6. The third-order valence-electron chi connectivity index (χ3n) is 6.12. The van der Waals surface area contributed by atoms with Crippen molar-refractivity contribution < 1.29 is 20.1 Å². The molecule has 0 radical (unpaired) electrons. The molecule has 0 aromatic carbocycles. The molecular weight excluding hydrogens is 304 g/mol. The van der Waals surface area contributed by atoms with Crippen molar-refractivity contribution in [1.29, 1.82) is 0 Å². The van der Waals surface area contributed by atoms with Crippen LogP contribution in [0.15, 0.2) is 11.6 Å². The predicted molar refractivity (Wildman–Crippen MR) is 91.0 cm³/mol. The van der Waals surface area contributed by atoms with E-state index in [-0.39, 0.29) is 12.3 Å². The van der Waals surface area contributed by atoms with Gasteiger partial charge in [0.15, 0.2) is 0 Å². The fourth-order valence-electron chi connectivity index (χ4n) is 4.66. The number of hydrogen-bond acceptors (Lipinski definition) is 3. The lowest BCUT2D eigenvalue weighted by atomic mass is 9.57. The molecule has 5 atom stereocenters. The van der Waals surface area contributed by atoms with Crippen LogP contribution in [0, 0.1) is 35.5 Å². The highest BCUT2D eigenvalue weighted by Crippen LogP contribution is 2.51. The molecule has 0 spiro atoms. The molecule has 132 valence electrons. The van der Waals surface area contributed by atoms with Crippen LogP contribution in [0.2, 0.25) is 0 Å². The number of rotatable bonds is 4. The van der Waals surface area contributed by atoms with Gasteiger partial charge in [0, 0.05) is 6.42 Å². The number of aliphatic carboxylic acids is 1. The van der Waals surface area contributed by atoms with E-state index in [1.54, 1.807) is 0 Å². The van der Waals surface area contributed by atoms with E-state index in [1.165, 1.54) is 18.4 Å². The van der Waals surface area contributed by atoms with Crippen molar-refractivity contribution in [3.05, 3.63) is 11.6 Å². The summed E-state index contributed by atoms with van der Waals surface area (Å²) in [6, 6.07) is 0. The zero-order valence-corrected chi connectivity index (χ0v) is 14.2. The van der Waals surface area contributed by atoms with E-state index in [2.05, 4.69) is 17.9 Å². The van der Waals surface area contributed by atoms with E-state index >= 15 is 0 Å². The van der Waals surface area contributed by atoms with E-state index < -0.39 is 18.2 Å². The van der Waals surface area contributed by atoms with Crippen molar-refractivity contribution >= 4 is 5.97 Å². The Morgan fingerprint density at radius 3 is 2.71 bits per heavy atom. The summed E-state index contributed by atoms with van der Waals surface area (Å²) in [5.41, 5.74) is 1.34. The normalized spacial score (nSPS) is 35.7. The summed E-state index contributed by atoms with van der Waals surface area (Å²) in [5, 5.41) is 29.3. The lowest BCUT2D eigenvalue weighted by Crippen LogP contribution is -2.44. The lowest BCUT2D eigenvalue weighted by molar-refractivity contribution is -0.136. The summed E-state index contributed by atoms with van der Waals surface area (Å²) >= 11 is 0. The first kappa shape index (κ1) is 17.5. The monoisotopic (exact) mass is 332 g/mol. The van der Waals surface area contributed by atoms with Crippen LogP contribution >= 0.6 is 0 Å². The van der Waals surface area contributed by atoms with E-state index in [0.717, 1.165) is 32.1 Å². The highest BCUT2D eigenvalue weighted by atomic mass is 16.4. The fourth-order valence-corrected chi connectivity index (χ4v) is 4.66. The van der Waals surface area contributed by atoms with Gasteiger partial charge < -0.3 is 15.3 Å². The Kier molecular flexibility index (Phi) is 5.63. The van der Waals surface area contributed by atoms with E-state index in [0.29, 0.717) is 24.2 Å². The van der Waals surface area contributed by atoms with Gasteiger partial charge in [0.1, 0.15) is 6.10 Å². The topological polar surface area (TPSA) is 77.8 Å². The second-order valence-corrected chi connectivity index (χ2v) is 7.63. The number of carbonyl (C=O) groups is 1. The number of allylic oxidation sites excluding steroid dienone is 2. The number of fused-ring (bicyclic) bond motifs is 1. The maximum Gasteiger partial charge on any atom is 0.303 e. The standard InChI is InChI=1S/C20H28O4/c21-18(13-4-1-2-5-13)10-9-16-17-12-14(6-3-7-20(23)24)15(17)8-11-19(16)22/h6,13,15-19,21-22H,1-5,7-8,11-12H2,(H,23,24)/t15-,16-,17+,18?,19-/m0/s1. The minimum atomic E-state index is -0.758. The van der Waals surface area contributed by atoms with Crippen LogP contribution in [0.25, 0.3) is 0 Å². The lowest BCUT2D eigenvalue weighted by Gasteiger charge is -2.48. The van der Waals surface area contributed by atoms with Crippen molar-refractivity contribution in [3.63, 3.8) is 0 Å². The minimum absolute atomic E-state index is 0.0450. The van der Waals surface area contributed by atoms with Gasteiger partial charge in [-0.2, -0.15) is 0 Å². The summed E-state index contributed by atoms with van der Waals surface area (Å²) < 4.78 is 0. The smallest absolute Gasteiger partial charge is 0.303 e. The van der Waals surface area contributed by atoms with Gasteiger partial charge in [0.05, 0.1) is 12.0 Å². The highest BCUT2D eigenvalue weighted by molar-refractivity contribution is 5.66. The third-order valence-corrected chi connectivity index (χ3v) is 6.12. The zero-order chi connectivity index (χ0) is 17.1. The van der Waals surface area contributed by atoms with Gasteiger partial charge in [-0.1, -0.05) is 36.3 Å². The molecule has 0 amide bonds. The molecule has 0 aromatic heterocycles. The van der Waals surface area contributed by atoms with Crippen LogP contribution in [-0.4, -0.2) is 33.5 Å². The number of aliphatic hydroxyl groups excluding tert-OH is 2. The van der Waals surface area contributed by atoms with Crippen LogP contribution in [0.3, 0.4) is 0 Å². The first-order valence-electron chi connectivity index (χ1n) is 9.34. The highest BCUT2D eigenvalue weighted by Gasteiger charge is 2.46. The number of carboxylic acid groups (broad SMARTS) is 1. The van der Waals surface area contributed by atoms with Gasteiger partial charge in [-0.05, 0) is 56.3 Å². The van der Waals surface area contributed by atoms with Crippen molar-refractivity contribution in [2.24, 2.45) is 23.7 Å². The Balaban J connectivity index is 1.59. The van der Waals surface area contributed by atoms with Crippen molar-refractivity contribution in [3.8, 4) is 11.8 Å². The Hall–Kier alpha value is -1.31. The number of hydrogen-bond donors (Lipinski definition) is 3. The fraction of sp³-hybridized carbons (Fsp3) is 0.750. The molecule has 24 heavy (non-hydrogen) atoms. The molecule has 0 aliphatic heterocycles. The van der Waals surface area contributed by atoms with E-state index in [9.17, 15) is 15.0 Å². The molecule has 3 N–H and O–H groups in total. The molecular formula is C20H28O4. The molecule has 0 saturated heterocycles. The summed E-state index contributed by atoms with van der Waals surface area (Å²) in [7, 11) is 0. The Morgan fingerprint density at radius 1 is 1.25 bits per heavy atom. The molecule has 3 fully saturated rings. The van der Waals surface area contributed by atoms with Gasteiger partial charge in [-0.15, -0.1) is 0 Å². The average molecular weight is 332 g/mol. The molecule has 0 aromatic rings. The number of carboxylic acids is 1. The molecule has 0 bridgehead atoms. The zero-order valence-electron chi connectivity index (χ0n) is 14.2. The molecule has 3 aliphatic rings. The summed E-state index contributed by atoms with van der Waals surface area (Å²) in [6.45, 7) is 0. The summed E-state index contributed by atoms with van der Waals surface area (Å²) in [5.74, 6) is 6.56.